The SMILES string of the molecule is O=C(CS[C@H]1C(=O)N(c2ccc(-c3cccnc3)cc2)[C@@H]1c1ccc(O)cc1)c1ccc(F)cc1. The second kappa shape index (κ2) is 9.72. The number of hydrogen-bond donors (Lipinski definition) is 1. The van der Waals surface area contributed by atoms with Gasteiger partial charge >= 0.3 is 0 Å². The molecule has 1 fully saturated rings. The molecule has 1 aliphatic rings. The van der Waals surface area contributed by atoms with Crippen LogP contribution in [0.2, 0.25) is 0 Å². The van der Waals surface area contributed by atoms with Gasteiger partial charge in [-0.05, 0) is 71.3 Å². The molecule has 3 aromatic carbocycles. The van der Waals surface area contributed by atoms with E-state index < -0.39 is 11.1 Å². The van der Waals surface area contributed by atoms with Crippen LogP contribution in [-0.4, -0.2) is 32.8 Å². The molecule has 1 amide bonds. The number of thioether (sulfide) groups is 1. The number of carbonyl (C=O) groups is 2. The Labute approximate surface area is 206 Å². The summed E-state index contributed by atoms with van der Waals surface area (Å²) in [5, 5.41) is 9.27. The average Bonchev–Trinajstić information content (AvgIpc) is 2.89. The summed E-state index contributed by atoms with van der Waals surface area (Å²) in [4.78, 5) is 31.7. The molecule has 2 heterocycles. The van der Waals surface area contributed by atoms with E-state index in [4.69, 9.17) is 0 Å². The van der Waals surface area contributed by atoms with Crippen molar-refractivity contribution in [3.8, 4) is 16.9 Å². The Morgan fingerprint density at radius 2 is 1.66 bits per heavy atom. The Balaban J connectivity index is 1.38. The third-order valence-corrected chi connectivity index (χ3v) is 7.23. The van der Waals surface area contributed by atoms with Gasteiger partial charge in [0.2, 0.25) is 5.91 Å². The summed E-state index contributed by atoms with van der Waals surface area (Å²) in [6, 6.07) is 23.4. The quantitative estimate of drug-likeness (QED) is 0.271. The molecule has 0 spiro atoms. The van der Waals surface area contributed by atoms with Gasteiger partial charge in [0.05, 0.1) is 11.8 Å². The van der Waals surface area contributed by atoms with Crippen LogP contribution in [0.1, 0.15) is 22.0 Å². The smallest absolute Gasteiger partial charge is 0.243 e. The summed E-state index contributed by atoms with van der Waals surface area (Å²) in [5.74, 6) is -0.409. The third kappa shape index (κ3) is 4.68. The molecule has 0 radical (unpaired) electrons. The van der Waals surface area contributed by atoms with Crippen molar-refractivity contribution in [2.24, 2.45) is 0 Å². The van der Waals surface area contributed by atoms with Gasteiger partial charge in [0.15, 0.2) is 5.78 Å². The molecule has 1 N–H and O–H groups in total. The number of aromatic hydroxyl groups is 1. The zero-order valence-corrected chi connectivity index (χ0v) is 19.4. The summed E-state index contributed by atoms with van der Waals surface area (Å²) in [5.41, 5.74) is 4.01. The van der Waals surface area contributed by atoms with Crippen LogP contribution in [0.4, 0.5) is 10.1 Å². The number of halogens is 1. The van der Waals surface area contributed by atoms with E-state index in [0.717, 1.165) is 22.4 Å². The lowest BCUT2D eigenvalue weighted by atomic mass is 9.92. The Morgan fingerprint density at radius 3 is 2.31 bits per heavy atom. The Kier molecular flexibility index (Phi) is 6.33. The zero-order valence-electron chi connectivity index (χ0n) is 18.5. The number of ketones is 1. The predicted molar refractivity (Wildman–Crippen MR) is 135 cm³/mol. The van der Waals surface area contributed by atoms with Crippen molar-refractivity contribution >= 4 is 29.1 Å². The first kappa shape index (κ1) is 22.8. The highest BCUT2D eigenvalue weighted by atomic mass is 32.2. The first-order valence-electron chi connectivity index (χ1n) is 11.0. The van der Waals surface area contributed by atoms with Gasteiger partial charge in [-0.15, -0.1) is 11.8 Å². The topological polar surface area (TPSA) is 70.5 Å². The second-order valence-corrected chi connectivity index (χ2v) is 9.32. The molecule has 7 heteroatoms. The van der Waals surface area contributed by atoms with Crippen molar-refractivity contribution in [3.05, 3.63) is 114 Å². The molecule has 174 valence electrons. The van der Waals surface area contributed by atoms with Gasteiger partial charge in [0.25, 0.3) is 0 Å². The van der Waals surface area contributed by atoms with E-state index in [1.165, 1.54) is 36.0 Å². The standard InChI is InChI=1S/C28H21FN2O3S/c29-22-9-3-19(4-10-22)25(33)17-35-27-26(20-7-13-24(32)14-8-20)31(28(27)34)23-11-5-18(6-12-23)21-2-1-15-30-16-21/h1-16,26-27,32H,17H2/t26-,27-/m1/s1. The molecule has 1 aliphatic heterocycles. The van der Waals surface area contributed by atoms with Gasteiger partial charge in [-0.25, -0.2) is 4.39 Å². The van der Waals surface area contributed by atoms with Crippen molar-refractivity contribution in [3.63, 3.8) is 0 Å². The van der Waals surface area contributed by atoms with Crippen molar-refractivity contribution < 1.29 is 19.1 Å². The lowest BCUT2D eigenvalue weighted by Crippen LogP contribution is -2.57. The molecule has 2 atom stereocenters. The van der Waals surface area contributed by atoms with Gasteiger partial charge in [-0.2, -0.15) is 0 Å². The number of hydrogen-bond acceptors (Lipinski definition) is 5. The highest BCUT2D eigenvalue weighted by molar-refractivity contribution is 8.01. The number of phenolic OH excluding ortho intramolecular Hbond substituents is 1. The highest BCUT2D eigenvalue weighted by Gasteiger charge is 2.49. The number of rotatable bonds is 7. The predicted octanol–water partition coefficient (Wildman–Crippen LogP) is 5.67. The fraction of sp³-hybridized carbons (Fsp3) is 0.107. The Morgan fingerprint density at radius 1 is 0.943 bits per heavy atom. The van der Waals surface area contributed by atoms with Crippen LogP contribution in [0.5, 0.6) is 5.75 Å². The van der Waals surface area contributed by atoms with E-state index in [0.29, 0.717) is 5.56 Å². The van der Waals surface area contributed by atoms with Gasteiger partial charge in [0.1, 0.15) is 16.8 Å². The van der Waals surface area contributed by atoms with Crippen LogP contribution in [0.3, 0.4) is 0 Å². The van der Waals surface area contributed by atoms with E-state index in [1.807, 2.05) is 36.4 Å². The minimum Gasteiger partial charge on any atom is -0.508 e. The number of β-lactam (4-membered cyclic amide) rings is 1. The Bertz CT molecular complexity index is 1340. The van der Waals surface area contributed by atoms with E-state index in [1.54, 1.807) is 41.6 Å². The lowest BCUT2D eigenvalue weighted by Gasteiger charge is -2.47. The zero-order chi connectivity index (χ0) is 24.4. The van der Waals surface area contributed by atoms with Crippen LogP contribution in [0.25, 0.3) is 11.1 Å². The first-order chi connectivity index (χ1) is 17.0. The summed E-state index contributed by atoms with van der Waals surface area (Å²) in [6.07, 6.45) is 3.51. The van der Waals surface area contributed by atoms with Crippen molar-refractivity contribution in [2.75, 3.05) is 10.7 Å². The van der Waals surface area contributed by atoms with Gasteiger partial charge < -0.3 is 10.0 Å². The van der Waals surface area contributed by atoms with E-state index >= 15 is 0 Å². The van der Waals surface area contributed by atoms with Crippen molar-refractivity contribution in [1.82, 2.24) is 4.98 Å². The van der Waals surface area contributed by atoms with Crippen LogP contribution in [0.15, 0.2) is 97.3 Å². The molecular formula is C28H21FN2O3S. The summed E-state index contributed by atoms with van der Waals surface area (Å²) >= 11 is 1.28. The Hall–Kier alpha value is -3.97. The van der Waals surface area contributed by atoms with Gasteiger partial charge in [-0.1, -0.05) is 30.3 Å². The molecule has 35 heavy (non-hydrogen) atoms. The molecular weight excluding hydrogens is 463 g/mol. The first-order valence-corrected chi connectivity index (χ1v) is 12.1. The molecule has 0 unspecified atom stereocenters. The summed E-state index contributed by atoms with van der Waals surface area (Å²) in [6.45, 7) is 0. The number of benzene rings is 3. The lowest BCUT2D eigenvalue weighted by molar-refractivity contribution is -0.123. The largest absolute Gasteiger partial charge is 0.508 e. The van der Waals surface area contributed by atoms with Crippen molar-refractivity contribution in [2.45, 2.75) is 11.3 Å². The molecule has 0 bridgehead atoms. The third-order valence-electron chi connectivity index (χ3n) is 5.98. The van der Waals surface area contributed by atoms with Gasteiger partial charge in [0, 0.05) is 23.6 Å². The van der Waals surface area contributed by atoms with E-state index in [-0.39, 0.29) is 29.2 Å². The summed E-state index contributed by atoms with van der Waals surface area (Å²) in [7, 11) is 0. The number of anilines is 1. The number of phenols is 1. The van der Waals surface area contributed by atoms with Crippen LogP contribution in [-0.2, 0) is 4.79 Å². The van der Waals surface area contributed by atoms with Crippen LogP contribution < -0.4 is 4.90 Å². The molecule has 0 saturated carbocycles. The van der Waals surface area contributed by atoms with Gasteiger partial charge in [-0.3, -0.25) is 14.6 Å². The maximum absolute atomic E-state index is 13.2. The second-order valence-electron chi connectivity index (χ2n) is 8.19. The number of nitrogens with zero attached hydrogens (tertiary/aromatic N) is 2. The van der Waals surface area contributed by atoms with Crippen LogP contribution in [0, 0.1) is 5.82 Å². The minimum absolute atomic E-state index is 0.0888. The molecule has 0 aliphatic carbocycles. The van der Waals surface area contributed by atoms with E-state index in [9.17, 15) is 19.1 Å². The minimum atomic E-state index is -0.457. The monoisotopic (exact) mass is 484 g/mol. The number of amides is 1. The molecule has 5 nitrogen and oxygen atoms in total. The maximum Gasteiger partial charge on any atom is 0.243 e. The molecule has 1 saturated heterocycles. The fourth-order valence-corrected chi connectivity index (χ4v) is 5.36. The molecule has 4 aromatic rings. The van der Waals surface area contributed by atoms with E-state index in [2.05, 4.69) is 4.98 Å². The van der Waals surface area contributed by atoms with Crippen molar-refractivity contribution in [1.29, 1.82) is 0 Å². The fourth-order valence-electron chi connectivity index (χ4n) is 4.14. The normalized spacial score (nSPS) is 17.2. The maximum atomic E-state index is 13.2. The number of carbonyl (C=O) groups excluding carboxylic acids is 2. The molecule has 5 rings (SSSR count). The summed E-state index contributed by atoms with van der Waals surface area (Å²) < 4.78 is 13.2. The number of aromatic nitrogens is 1. The number of pyridine rings is 1. The highest BCUT2D eigenvalue weighted by Crippen LogP contribution is 2.45. The average molecular weight is 485 g/mol. The molecule has 1 aromatic heterocycles. The van der Waals surface area contributed by atoms with Crippen LogP contribution >= 0.6 is 11.8 Å². The number of Topliss-reactive ketones (excluding diaryl/α,β-unsaturated/α-hetero) is 1.